The van der Waals surface area contributed by atoms with Gasteiger partial charge in [-0.3, -0.25) is 4.90 Å². The number of carbonyl (C=O) groups is 2. The van der Waals surface area contributed by atoms with E-state index < -0.39 is 23.6 Å². The van der Waals surface area contributed by atoms with Gasteiger partial charge in [0.1, 0.15) is 12.7 Å². The van der Waals surface area contributed by atoms with Gasteiger partial charge in [-0.25, -0.2) is 9.59 Å². The third-order valence-corrected chi connectivity index (χ3v) is 5.64. The van der Waals surface area contributed by atoms with E-state index >= 15 is 0 Å². The van der Waals surface area contributed by atoms with Crippen molar-refractivity contribution in [3.8, 4) is 0 Å². The summed E-state index contributed by atoms with van der Waals surface area (Å²) in [7, 11) is 0. The molecule has 2 N–H and O–H groups in total. The second-order valence-corrected chi connectivity index (χ2v) is 7.66. The van der Waals surface area contributed by atoms with Gasteiger partial charge in [-0.05, 0) is 38.7 Å². The SMILES string of the molecule is CC=C(C)C(=O)OC1CCN2CC=C(COC(=O)C(O)(C(C)C)C(C)O)C12. The van der Waals surface area contributed by atoms with E-state index in [1.54, 1.807) is 33.8 Å². The molecule has 0 spiro atoms. The molecule has 0 aromatic rings. The van der Waals surface area contributed by atoms with E-state index in [1.807, 2.05) is 6.08 Å². The van der Waals surface area contributed by atoms with Crippen LogP contribution in [0.1, 0.15) is 41.0 Å². The maximum atomic E-state index is 12.4. The summed E-state index contributed by atoms with van der Waals surface area (Å²) in [6, 6.07) is -0.120. The second-order valence-electron chi connectivity index (χ2n) is 7.66. The van der Waals surface area contributed by atoms with Crippen molar-refractivity contribution in [2.45, 2.75) is 64.9 Å². The van der Waals surface area contributed by atoms with Crippen LogP contribution < -0.4 is 0 Å². The fourth-order valence-corrected chi connectivity index (χ4v) is 3.63. The summed E-state index contributed by atoms with van der Waals surface area (Å²) in [5.41, 5.74) is -0.542. The number of nitrogens with zero attached hydrogens (tertiary/aromatic N) is 1. The summed E-state index contributed by atoms with van der Waals surface area (Å²) in [6.45, 7) is 9.68. The van der Waals surface area contributed by atoms with E-state index in [0.717, 1.165) is 18.5 Å². The van der Waals surface area contributed by atoms with E-state index in [0.29, 0.717) is 12.1 Å². The molecule has 2 rings (SSSR count). The Kier molecular flexibility index (Phi) is 6.83. The Balaban J connectivity index is 2.03. The number of aliphatic hydroxyl groups excluding tert-OH is 1. The number of ether oxygens (including phenoxy) is 2. The van der Waals surface area contributed by atoms with Crippen LogP contribution in [-0.2, 0) is 19.1 Å². The third-order valence-electron chi connectivity index (χ3n) is 5.64. The number of hydrogen-bond donors (Lipinski definition) is 2. The highest BCUT2D eigenvalue weighted by Crippen LogP contribution is 2.32. The summed E-state index contributed by atoms with van der Waals surface area (Å²) in [5.74, 6) is -1.68. The molecular formula is C20H31NO6. The van der Waals surface area contributed by atoms with E-state index in [4.69, 9.17) is 9.47 Å². The fraction of sp³-hybridized carbons (Fsp3) is 0.700. The molecule has 0 radical (unpaired) electrons. The number of fused-ring (bicyclic) bond motifs is 1. The second kappa shape index (κ2) is 8.54. The lowest BCUT2D eigenvalue weighted by Gasteiger charge is -2.32. The van der Waals surface area contributed by atoms with Gasteiger partial charge in [0.25, 0.3) is 0 Å². The monoisotopic (exact) mass is 381 g/mol. The predicted molar refractivity (Wildman–Crippen MR) is 99.8 cm³/mol. The Morgan fingerprint density at radius 2 is 2.07 bits per heavy atom. The molecule has 1 fully saturated rings. The Morgan fingerprint density at radius 1 is 1.41 bits per heavy atom. The highest BCUT2D eigenvalue weighted by atomic mass is 16.6. The number of aliphatic hydroxyl groups is 2. The van der Waals surface area contributed by atoms with Crippen LogP contribution in [0.25, 0.3) is 0 Å². The molecule has 2 aliphatic rings. The van der Waals surface area contributed by atoms with E-state index in [9.17, 15) is 19.8 Å². The van der Waals surface area contributed by atoms with Crippen LogP contribution in [0.3, 0.4) is 0 Å². The van der Waals surface area contributed by atoms with Crippen molar-refractivity contribution in [1.29, 1.82) is 0 Å². The number of esters is 2. The minimum Gasteiger partial charge on any atom is -0.459 e. The summed E-state index contributed by atoms with van der Waals surface area (Å²) in [4.78, 5) is 26.7. The first-order chi connectivity index (χ1) is 12.6. The lowest BCUT2D eigenvalue weighted by atomic mass is 9.85. The molecule has 1 saturated heterocycles. The van der Waals surface area contributed by atoms with Crippen molar-refractivity contribution in [2.24, 2.45) is 5.92 Å². The number of allylic oxidation sites excluding steroid dienone is 1. The average Bonchev–Trinajstić information content (AvgIpc) is 3.20. The first-order valence-corrected chi connectivity index (χ1v) is 9.47. The van der Waals surface area contributed by atoms with E-state index in [1.165, 1.54) is 6.92 Å². The molecule has 0 saturated carbocycles. The molecule has 4 unspecified atom stereocenters. The van der Waals surface area contributed by atoms with Gasteiger partial charge in [-0.1, -0.05) is 26.0 Å². The van der Waals surface area contributed by atoms with Gasteiger partial charge in [0, 0.05) is 18.7 Å². The maximum absolute atomic E-state index is 12.4. The standard InChI is InChI=1S/C20H31NO6/c1-6-13(4)18(23)27-16-8-10-21-9-7-15(17(16)21)11-26-19(24)20(25,12(2)3)14(5)22/h6-7,12,14,16-17,22,25H,8-11H2,1-5H3. The molecule has 152 valence electrons. The van der Waals surface area contributed by atoms with Crippen molar-refractivity contribution in [1.82, 2.24) is 4.90 Å². The average molecular weight is 381 g/mol. The molecule has 0 aromatic carbocycles. The van der Waals surface area contributed by atoms with Crippen LogP contribution in [-0.4, -0.2) is 70.6 Å². The van der Waals surface area contributed by atoms with Gasteiger partial charge < -0.3 is 19.7 Å². The molecule has 0 aromatic heterocycles. The molecule has 27 heavy (non-hydrogen) atoms. The molecule has 2 aliphatic heterocycles. The van der Waals surface area contributed by atoms with E-state index in [-0.39, 0.29) is 24.7 Å². The molecule has 0 bridgehead atoms. The highest BCUT2D eigenvalue weighted by molar-refractivity contribution is 5.87. The molecular weight excluding hydrogens is 350 g/mol. The van der Waals surface area contributed by atoms with Crippen LogP contribution in [0.4, 0.5) is 0 Å². The Labute approximate surface area is 160 Å². The predicted octanol–water partition coefficient (Wildman–Crippen LogP) is 1.19. The first kappa shape index (κ1) is 21.6. The molecule has 7 heteroatoms. The lowest BCUT2D eigenvalue weighted by molar-refractivity contribution is -0.183. The van der Waals surface area contributed by atoms with Gasteiger partial charge in [-0.15, -0.1) is 0 Å². The van der Waals surface area contributed by atoms with Gasteiger partial charge in [0.05, 0.1) is 12.1 Å². The Hall–Kier alpha value is -1.70. The van der Waals surface area contributed by atoms with Gasteiger partial charge in [0.2, 0.25) is 0 Å². The van der Waals surface area contributed by atoms with Crippen LogP contribution in [0.5, 0.6) is 0 Å². The zero-order valence-electron chi connectivity index (χ0n) is 16.8. The topological polar surface area (TPSA) is 96.3 Å². The van der Waals surface area contributed by atoms with Crippen molar-refractivity contribution >= 4 is 11.9 Å². The van der Waals surface area contributed by atoms with Gasteiger partial charge >= 0.3 is 11.9 Å². The van der Waals surface area contributed by atoms with Crippen molar-refractivity contribution in [3.05, 3.63) is 23.3 Å². The van der Waals surface area contributed by atoms with Crippen molar-refractivity contribution in [3.63, 3.8) is 0 Å². The van der Waals surface area contributed by atoms with Crippen LogP contribution in [0.15, 0.2) is 23.3 Å². The maximum Gasteiger partial charge on any atom is 0.341 e. The molecule has 4 atom stereocenters. The van der Waals surface area contributed by atoms with Crippen LogP contribution >= 0.6 is 0 Å². The Bertz CT molecular complexity index is 628. The summed E-state index contributed by atoms with van der Waals surface area (Å²) < 4.78 is 11.0. The molecule has 7 nitrogen and oxygen atoms in total. The van der Waals surface area contributed by atoms with Crippen molar-refractivity contribution in [2.75, 3.05) is 19.7 Å². The first-order valence-electron chi connectivity index (χ1n) is 9.47. The number of rotatable bonds is 7. The van der Waals surface area contributed by atoms with Crippen LogP contribution in [0.2, 0.25) is 0 Å². The number of hydrogen-bond acceptors (Lipinski definition) is 7. The lowest BCUT2D eigenvalue weighted by Crippen LogP contribution is -2.53. The minimum atomic E-state index is -1.95. The largest absolute Gasteiger partial charge is 0.459 e. The highest BCUT2D eigenvalue weighted by Gasteiger charge is 2.47. The Morgan fingerprint density at radius 3 is 2.63 bits per heavy atom. The summed E-state index contributed by atoms with van der Waals surface area (Å²) >= 11 is 0. The summed E-state index contributed by atoms with van der Waals surface area (Å²) in [6.07, 6.45) is 2.87. The molecule has 0 amide bonds. The van der Waals surface area contributed by atoms with Gasteiger partial charge in [-0.2, -0.15) is 0 Å². The zero-order valence-corrected chi connectivity index (χ0v) is 16.8. The normalized spacial score (nSPS) is 26.4. The van der Waals surface area contributed by atoms with Crippen LogP contribution in [0, 0.1) is 5.92 Å². The van der Waals surface area contributed by atoms with Gasteiger partial charge in [0.15, 0.2) is 5.60 Å². The number of carbonyl (C=O) groups excluding carboxylic acids is 2. The fourth-order valence-electron chi connectivity index (χ4n) is 3.63. The molecule has 2 heterocycles. The quantitative estimate of drug-likeness (QED) is 0.388. The smallest absolute Gasteiger partial charge is 0.341 e. The van der Waals surface area contributed by atoms with Crippen molar-refractivity contribution < 1.29 is 29.3 Å². The summed E-state index contributed by atoms with van der Waals surface area (Å²) in [5, 5.41) is 20.4. The van der Waals surface area contributed by atoms with E-state index in [2.05, 4.69) is 4.90 Å². The third kappa shape index (κ3) is 4.25. The zero-order chi connectivity index (χ0) is 20.4. The minimum absolute atomic E-state index is 0.00159. The molecule has 0 aliphatic carbocycles.